The van der Waals surface area contributed by atoms with Crippen LogP contribution in [0.5, 0.6) is 5.75 Å². The fraction of sp³-hybridized carbons (Fsp3) is 0.0526. The van der Waals surface area contributed by atoms with Gasteiger partial charge in [-0.05, 0) is 42.0 Å². The Balaban J connectivity index is 1.96. The molecule has 0 aliphatic carbocycles. The number of ether oxygens (including phenoxy) is 1. The Labute approximate surface area is 154 Å². The van der Waals surface area contributed by atoms with Crippen LogP contribution in [0, 0.1) is 5.82 Å². The topological polar surface area (TPSA) is 77.2 Å². The molecular weight excluding hydrogens is 357 g/mol. The van der Waals surface area contributed by atoms with Crippen molar-refractivity contribution < 1.29 is 13.9 Å². The Kier molecular flexibility index (Phi) is 5.34. The van der Waals surface area contributed by atoms with E-state index in [2.05, 4.69) is 10.3 Å². The minimum absolute atomic E-state index is 0.105. The number of hydrogen-bond acceptors (Lipinski definition) is 3. The molecule has 3 N–H and O–H groups in total. The Bertz CT molecular complexity index is 950. The van der Waals surface area contributed by atoms with E-state index >= 15 is 0 Å². The van der Waals surface area contributed by atoms with Crippen LogP contribution in [0.2, 0.25) is 5.02 Å². The second kappa shape index (κ2) is 7.84. The number of nitrogens with one attached hydrogen (secondary N) is 1. The first kappa shape index (κ1) is 17.7. The lowest BCUT2D eigenvalue weighted by Crippen LogP contribution is -2.20. The number of halogens is 2. The summed E-state index contributed by atoms with van der Waals surface area (Å²) in [5, 5.41) is 3.00. The first-order chi connectivity index (χ1) is 12.5. The van der Waals surface area contributed by atoms with E-state index in [-0.39, 0.29) is 23.6 Å². The van der Waals surface area contributed by atoms with Gasteiger partial charge in [0.1, 0.15) is 23.9 Å². The van der Waals surface area contributed by atoms with Gasteiger partial charge in [0.2, 0.25) is 0 Å². The van der Waals surface area contributed by atoms with Crippen molar-refractivity contribution in [3.8, 4) is 17.0 Å². The van der Waals surface area contributed by atoms with Crippen LogP contribution >= 0.6 is 11.6 Å². The quantitative estimate of drug-likeness (QED) is 0.687. The normalized spacial score (nSPS) is 10.4. The Morgan fingerprint density at radius 2 is 2.00 bits per heavy atom. The highest BCUT2D eigenvalue weighted by molar-refractivity contribution is 6.30. The second-order valence-electron chi connectivity index (χ2n) is 5.42. The van der Waals surface area contributed by atoms with Gasteiger partial charge in [0.15, 0.2) is 0 Å². The van der Waals surface area contributed by atoms with Gasteiger partial charge >= 0.3 is 6.03 Å². The molecule has 2 aromatic carbocycles. The molecule has 0 unspecified atom stereocenters. The fourth-order valence-electron chi connectivity index (χ4n) is 2.48. The largest absolute Gasteiger partial charge is 0.487 e. The van der Waals surface area contributed by atoms with Gasteiger partial charge in [-0.3, -0.25) is 4.98 Å². The molecule has 0 aliphatic heterocycles. The smallest absolute Gasteiger partial charge is 0.316 e. The number of rotatable bonds is 5. The van der Waals surface area contributed by atoms with Crippen molar-refractivity contribution in [1.82, 2.24) is 4.98 Å². The van der Waals surface area contributed by atoms with Crippen molar-refractivity contribution >= 4 is 23.3 Å². The van der Waals surface area contributed by atoms with Gasteiger partial charge in [0.05, 0.1) is 11.3 Å². The minimum Gasteiger partial charge on any atom is -0.487 e. The van der Waals surface area contributed by atoms with Crippen molar-refractivity contribution in [2.45, 2.75) is 6.61 Å². The molecule has 0 bridgehead atoms. The van der Waals surface area contributed by atoms with Crippen LogP contribution in [-0.4, -0.2) is 11.0 Å². The maximum absolute atomic E-state index is 14.5. The number of carbonyl (C=O) groups excluding carboxylic acids is 1. The number of pyridine rings is 1. The minimum atomic E-state index is -0.797. The maximum Gasteiger partial charge on any atom is 0.316 e. The van der Waals surface area contributed by atoms with E-state index in [1.54, 1.807) is 30.3 Å². The molecular formula is C19H15ClFN3O2. The van der Waals surface area contributed by atoms with Crippen molar-refractivity contribution in [3.05, 3.63) is 77.2 Å². The standard InChI is InChI=1S/C19H15ClFN3O2/c20-13-5-1-4-12(10-13)11-26-16-8-3-9-23-18(16)17-14(21)6-2-7-15(17)24-19(22)25/h1-10H,11H2,(H3,22,24,25). The summed E-state index contributed by atoms with van der Waals surface area (Å²) in [6.45, 7) is 0.228. The zero-order chi connectivity index (χ0) is 18.5. The highest BCUT2D eigenvalue weighted by Gasteiger charge is 2.17. The molecule has 0 aliphatic rings. The number of anilines is 1. The number of aromatic nitrogens is 1. The molecule has 26 heavy (non-hydrogen) atoms. The SMILES string of the molecule is NC(=O)Nc1cccc(F)c1-c1ncccc1OCc1cccc(Cl)c1. The van der Waals surface area contributed by atoms with E-state index in [1.807, 2.05) is 12.1 Å². The highest BCUT2D eigenvalue weighted by atomic mass is 35.5. The molecule has 3 rings (SSSR count). The first-order valence-corrected chi connectivity index (χ1v) is 8.10. The molecule has 7 heteroatoms. The Morgan fingerprint density at radius 1 is 1.19 bits per heavy atom. The van der Waals surface area contributed by atoms with E-state index in [9.17, 15) is 9.18 Å². The number of amides is 2. The van der Waals surface area contributed by atoms with Crippen LogP contribution < -0.4 is 15.8 Å². The third kappa shape index (κ3) is 4.10. The van der Waals surface area contributed by atoms with Crippen LogP contribution in [0.15, 0.2) is 60.8 Å². The van der Waals surface area contributed by atoms with Gasteiger partial charge in [-0.1, -0.05) is 29.8 Å². The number of nitrogens with two attached hydrogens (primary N) is 1. The summed E-state index contributed by atoms with van der Waals surface area (Å²) in [4.78, 5) is 15.4. The predicted molar refractivity (Wildman–Crippen MR) is 98.6 cm³/mol. The van der Waals surface area contributed by atoms with Gasteiger partial charge in [-0.2, -0.15) is 0 Å². The van der Waals surface area contributed by atoms with E-state index in [1.165, 1.54) is 18.3 Å². The Hall–Kier alpha value is -3.12. The zero-order valence-electron chi connectivity index (χ0n) is 13.6. The molecule has 5 nitrogen and oxygen atoms in total. The number of primary amides is 1. The van der Waals surface area contributed by atoms with Crippen LogP contribution in [0.3, 0.4) is 0 Å². The molecule has 1 aromatic heterocycles. The molecule has 0 saturated carbocycles. The van der Waals surface area contributed by atoms with Crippen molar-refractivity contribution in [2.24, 2.45) is 5.73 Å². The monoisotopic (exact) mass is 371 g/mol. The maximum atomic E-state index is 14.5. The summed E-state index contributed by atoms with van der Waals surface area (Å²) in [7, 11) is 0. The number of urea groups is 1. The first-order valence-electron chi connectivity index (χ1n) is 7.72. The summed E-state index contributed by atoms with van der Waals surface area (Å²) in [6, 6.07) is 14.1. The number of carbonyl (C=O) groups is 1. The lowest BCUT2D eigenvalue weighted by molar-refractivity contribution is 0.259. The van der Waals surface area contributed by atoms with Gasteiger partial charge < -0.3 is 15.8 Å². The highest BCUT2D eigenvalue weighted by Crippen LogP contribution is 2.35. The summed E-state index contributed by atoms with van der Waals surface area (Å²) in [6.07, 6.45) is 1.52. The second-order valence-corrected chi connectivity index (χ2v) is 5.86. The van der Waals surface area contributed by atoms with Crippen LogP contribution in [-0.2, 0) is 6.61 Å². The van der Waals surface area contributed by atoms with E-state index in [4.69, 9.17) is 22.1 Å². The van der Waals surface area contributed by atoms with Crippen LogP contribution in [0.4, 0.5) is 14.9 Å². The molecule has 0 saturated heterocycles. The lowest BCUT2D eigenvalue weighted by atomic mass is 10.1. The van der Waals surface area contributed by atoms with Gasteiger partial charge in [-0.25, -0.2) is 9.18 Å². The van der Waals surface area contributed by atoms with Gasteiger partial charge in [-0.15, -0.1) is 0 Å². The fourth-order valence-corrected chi connectivity index (χ4v) is 2.70. The summed E-state index contributed by atoms with van der Waals surface area (Å²) in [5.41, 5.74) is 6.61. The van der Waals surface area contributed by atoms with Crippen LogP contribution in [0.25, 0.3) is 11.3 Å². The predicted octanol–water partition coefficient (Wildman–Crippen LogP) is 4.61. The van der Waals surface area contributed by atoms with Crippen molar-refractivity contribution in [3.63, 3.8) is 0 Å². The third-order valence-corrected chi connectivity index (χ3v) is 3.80. The number of nitrogens with zero attached hydrogens (tertiary/aromatic N) is 1. The molecule has 0 fully saturated rings. The molecule has 2 amide bonds. The molecule has 0 spiro atoms. The average Bonchev–Trinajstić information content (AvgIpc) is 2.60. The average molecular weight is 372 g/mol. The van der Waals surface area contributed by atoms with Crippen molar-refractivity contribution in [1.29, 1.82) is 0 Å². The summed E-state index contributed by atoms with van der Waals surface area (Å²) < 4.78 is 20.3. The van der Waals surface area contributed by atoms with Crippen molar-refractivity contribution in [2.75, 3.05) is 5.32 Å². The third-order valence-electron chi connectivity index (χ3n) is 3.56. The van der Waals surface area contributed by atoms with Gasteiger partial charge in [0, 0.05) is 11.2 Å². The molecule has 132 valence electrons. The number of hydrogen-bond donors (Lipinski definition) is 2. The Morgan fingerprint density at radius 3 is 2.77 bits per heavy atom. The summed E-state index contributed by atoms with van der Waals surface area (Å²) in [5.74, 6) is -0.187. The van der Waals surface area contributed by atoms with Gasteiger partial charge in [0.25, 0.3) is 0 Å². The molecule has 0 atom stereocenters. The van der Waals surface area contributed by atoms with E-state index < -0.39 is 11.8 Å². The molecule has 3 aromatic rings. The van der Waals surface area contributed by atoms with E-state index in [0.29, 0.717) is 10.8 Å². The summed E-state index contributed by atoms with van der Waals surface area (Å²) >= 11 is 5.97. The molecule has 1 heterocycles. The molecule has 0 radical (unpaired) electrons. The lowest BCUT2D eigenvalue weighted by Gasteiger charge is -2.14. The van der Waals surface area contributed by atoms with E-state index in [0.717, 1.165) is 5.56 Å². The zero-order valence-corrected chi connectivity index (χ0v) is 14.3. The van der Waals surface area contributed by atoms with Crippen LogP contribution in [0.1, 0.15) is 5.56 Å². The number of benzene rings is 2.